The third-order valence-electron chi connectivity index (χ3n) is 3.00. The molecule has 1 amide bonds. The predicted molar refractivity (Wildman–Crippen MR) is 63.0 cm³/mol. The van der Waals surface area contributed by atoms with Crippen LogP contribution in [-0.4, -0.2) is 17.4 Å². The summed E-state index contributed by atoms with van der Waals surface area (Å²) in [6.45, 7) is 4.56. The molecule has 0 radical (unpaired) electrons. The van der Waals surface area contributed by atoms with Crippen molar-refractivity contribution in [1.82, 2.24) is 4.98 Å². The Hall–Kier alpha value is -1.82. The number of carbonyl (C=O) groups is 1. The van der Waals surface area contributed by atoms with Crippen molar-refractivity contribution < 1.29 is 4.79 Å². The quantitative estimate of drug-likeness (QED) is 0.666. The molecule has 2 heterocycles. The van der Waals surface area contributed by atoms with Crippen LogP contribution in [-0.2, 0) is 4.79 Å². The maximum absolute atomic E-state index is 11.7. The van der Waals surface area contributed by atoms with Gasteiger partial charge in [-0.15, -0.1) is 12.3 Å². The zero-order chi connectivity index (χ0) is 11.7. The van der Waals surface area contributed by atoms with E-state index in [-0.39, 0.29) is 11.8 Å². The molecule has 0 aromatic carbocycles. The van der Waals surface area contributed by atoms with Crippen LogP contribution in [0.3, 0.4) is 0 Å². The highest BCUT2D eigenvalue weighted by Crippen LogP contribution is 2.25. The van der Waals surface area contributed by atoms with Gasteiger partial charge in [0.25, 0.3) is 0 Å². The Morgan fingerprint density at radius 1 is 1.56 bits per heavy atom. The van der Waals surface area contributed by atoms with Crippen LogP contribution < -0.4 is 4.90 Å². The van der Waals surface area contributed by atoms with Gasteiger partial charge in [0.2, 0.25) is 5.91 Å². The van der Waals surface area contributed by atoms with Gasteiger partial charge in [0.15, 0.2) is 0 Å². The summed E-state index contributed by atoms with van der Waals surface area (Å²) in [5.74, 6) is 2.76. The molecule has 1 fully saturated rings. The summed E-state index contributed by atoms with van der Waals surface area (Å²) >= 11 is 0. The van der Waals surface area contributed by atoms with Gasteiger partial charge in [-0.25, -0.2) is 0 Å². The zero-order valence-electron chi connectivity index (χ0n) is 9.53. The van der Waals surface area contributed by atoms with Gasteiger partial charge >= 0.3 is 0 Å². The number of terminal acetylenes is 1. The van der Waals surface area contributed by atoms with E-state index in [1.165, 1.54) is 0 Å². The number of anilines is 1. The van der Waals surface area contributed by atoms with Crippen molar-refractivity contribution in [1.29, 1.82) is 0 Å². The van der Waals surface area contributed by atoms with Crippen molar-refractivity contribution in [2.45, 2.75) is 20.3 Å². The van der Waals surface area contributed by atoms with Crippen LogP contribution in [0.25, 0.3) is 0 Å². The molecule has 1 atom stereocenters. The van der Waals surface area contributed by atoms with E-state index in [0.29, 0.717) is 13.0 Å². The predicted octanol–water partition coefficient (Wildman–Crippen LogP) is 1.68. The van der Waals surface area contributed by atoms with Gasteiger partial charge in [-0.2, -0.15) is 0 Å². The van der Waals surface area contributed by atoms with E-state index in [9.17, 15) is 4.79 Å². The first-order valence-electron chi connectivity index (χ1n) is 5.31. The second-order valence-corrected chi connectivity index (χ2v) is 4.17. The lowest BCUT2D eigenvalue weighted by atomic mass is 10.1. The second kappa shape index (κ2) is 3.97. The molecule has 3 nitrogen and oxygen atoms in total. The van der Waals surface area contributed by atoms with Crippen molar-refractivity contribution in [3.8, 4) is 12.3 Å². The third kappa shape index (κ3) is 1.79. The summed E-state index contributed by atoms with van der Waals surface area (Å²) in [4.78, 5) is 17.7. The minimum atomic E-state index is 0.0362. The Morgan fingerprint density at radius 3 is 2.88 bits per heavy atom. The molecule has 1 aliphatic heterocycles. The monoisotopic (exact) mass is 214 g/mol. The number of aryl methyl sites for hydroxylation is 2. The SMILES string of the molecule is C#CC1CC(=O)N(c2cnc(C)c(C)c2)C1. The number of pyridine rings is 1. The van der Waals surface area contributed by atoms with Crippen molar-refractivity contribution in [2.24, 2.45) is 5.92 Å². The molecule has 1 aliphatic rings. The lowest BCUT2D eigenvalue weighted by molar-refractivity contribution is -0.117. The van der Waals surface area contributed by atoms with E-state index in [1.54, 1.807) is 11.1 Å². The Morgan fingerprint density at radius 2 is 2.31 bits per heavy atom. The highest BCUT2D eigenvalue weighted by Gasteiger charge is 2.29. The molecule has 0 saturated carbocycles. The molecule has 0 N–H and O–H groups in total. The third-order valence-corrected chi connectivity index (χ3v) is 3.00. The number of amides is 1. The van der Waals surface area contributed by atoms with E-state index < -0.39 is 0 Å². The Balaban J connectivity index is 2.29. The van der Waals surface area contributed by atoms with Gasteiger partial charge < -0.3 is 4.90 Å². The van der Waals surface area contributed by atoms with E-state index in [4.69, 9.17) is 6.42 Å². The molecule has 0 aliphatic carbocycles. The van der Waals surface area contributed by atoms with Gasteiger partial charge in [-0.1, -0.05) is 0 Å². The smallest absolute Gasteiger partial charge is 0.228 e. The summed E-state index contributed by atoms with van der Waals surface area (Å²) in [6, 6.07) is 1.99. The van der Waals surface area contributed by atoms with Crippen molar-refractivity contribution in [3.63, 3.8) is 0 Å². The fourth-order valence-electron chi connectivity index (χ4n) is 1.84. The van der Waals surface area contributed by atoms with Gasteiger partial charge in [-0.3, -0.25) is 9.78 Å². The Bertz CT molecular complexity index is 473. The van der Waals surface area contributed by atoms with E-state index in [1.807, 2.05) is 19.9 Å². The molecule has 82 valence electrons. The maximum atomic E-state index is 11.7. The number of aromatic nitrogens is 1. The van der Waals surface area contributed by atoms with Gasteiger partial charge in [0.1, 0.15) is 0 Å². The van der Waals surface area contributed by atoms with Gasteiger partial charge in [0.05, 0.1) is 11.9 Å². The molecule has 1 saturated heterocycles. The first-order chi connectivity index (χ1) is 7.61. The molecule has 0 bridgehead atoms. The van der Waals surface area contributed by atoms with Gasteiger partial charge in [-0.05, 0) is 25.5 Å². The van der Waals surface area contributed by atoms with Crippen LogP contribution in [0.15, 0.2) is 12.3 Å². The molecule has 0 spiro atoms. The highest BCUT2D eigenvalue weighted by molar-refractivity contribution is 5.96. The molecule has 3 heteroatoms. The van der Waals surface area contributed by atoms with E-state index in [2.05, 4.69) is 10.9 Å². The first-order valence-corrected chi connectivity index (χ1v) is 5.31. The molecule has 1 aromatic heterocycles. The number of hydrogen-bond donors (Lipinski definition) is 0. The lowest BCUT2D eigenvalue weighted by Crippen LogP contribution is -2.24. The van der Waals surface area contributed by atoms with Gasteiger partial charge in [0, 0.05) is 24.6 Å². The molecular weight excluding hydrogens is 200 g/mol. The second-order valence-electron chi connectivity index (χ2n) is 4.17. The minimum absolute atomic E-state index is 0.0362. The highest BCUT2D eigenvalue weighted by atomic mass is 16.2. The van der Waals surface area contributed by atoms with Crippen LogP contribution in [0.2, 0.25) is 0 Å². The van der Waals surface area contributed by atoms with Crippen molar-refractivity contribution >= 4 is 11.6 Å². The van der Waals surface area contributed by atoms with Crippen LogP contribution in [0.4, 0.5) is 5.69 Å². The summed E-state index contributed by atoms with van der Waals surface area (Å²) in [6.07, 6.45) is 7.53. The first kappa shape index (κ1) is 10.7. The number of nitrogens with zero attached hydrogens (tertiary/aromatic N) is 2. The number of carbonyl (C=O) groups excluding carboxylic acids is 1. The topological polar surface area (TPSA) is 33.2 Å². The number of rotatable bonds is 1. The number of hydrogen-bond acceptors (Lipinski definition) is 2. The molecule has 1 unspecified atom stereocenters. The Kier molecular flexibility index (Phi) is 2.66. The molecule has 2 rings (SSSR count). The Labute approximate surface area is 95.5 Å². The largest absolute Gasteiger partial charge is 0.310 e. The molecule has 1 aromatic rings. The fraction of sp³-hybridized carbons (Fsp3) is 0.385. The normalized spacial score (nSPS) is 19.9. The van der Waals surface area contributed by atoms with Crippen LogP contribution in [0.1, 0.15) is 17.7 Å². The van der Waals surface area contributed by atoms with Crippen molar-refractivity contribution in [2.75, 3.05) is 11.4 Å². The average Bonchev–Trinajstić information content (AvgIpc) is 2.64. The van der Waals surface area contributed by atoms with E-state index >= 15 is 0 Å². The maximum Gasteiger partial charge on any atom is 0.228 e. The van der Waals surface area contributed by atoms with Crippen molar-refractivity contribution in [3.05, 3.63) is 23.5 Å². The summed E-state index contributed by atoms with van der Waals surface area (Å²) in [5.41, 5.74) is 2.93. The average molecular weight is 214 g/mol. The van der Waals surface area contributed by atoms with Crippen LogP contribution >= 0.6 is 0 Å². The van der Waals surface area contributed by atoms with E-state index in [0.717, 1.165) is 16.9 Å². The molecular formula is C13H14N2O. The van der Waals surface area contributed by atoms with Crippen LogP contribution in [0, 0.1) is 32.1 Å². The lowest BCUT2D eigenvalue weighted by Gasteiger charge is -2.16. The molecule has 16 heavy (non-hydrogen) atoms. The fourth-order valence-corrected chi connectivity index (χ4v) is 1.84. The van der Waals surface area contributed by atoms with Crippen LogP contribution in [0.5, 0.6) is 0 Å². The summed E-state index contributed by atoms with van der Waals surface area (Å²) in [7, 11) is 0. The minimum Gasteiger partial charge on any atom is -0.310 e. The standard InChI is InChI=1S/C13H14N2O/c1-4-11-6-13(16)15(8-11)12-5-9(2)10(3)14-7-12/h1,5,7,11H,6,8H2,2-3H3. The summed E-state index contributed by atoms with van der Waals surface area (Å²) < 4.78 is 0. The summed E-state index contributed by atoms with van der Waals surface area (Å²) in [5, 5.41) is 0. The zero-order valence-corrected chi connectivity index (χ0v) is 9.53.